The molecular formula is C14H10Cl4N2O. The van der Waals surface area contributed by atoms with Crippen molar-refractivity contribution in [2.45, 2.75) is 6.42 Å². The van der Waals surface area contributed by atoms with Crippen molar-refractivity contribution in [3.05, 3.63) is 61.5 Å². The van der Waals surface area contributed by atoms with Crippen LogP contribution < -0.4 is 5.84 Å². The summed E-state index contributed by atoms with van der Waals surface area (Å²) in [6.07, 6.45) is 0.235. The lowest BCUT2D eigenvalue weighted by atomic mass is 10.0. The number of nitrogens with zero attached hydrogens (tertiary/aromatic N) is 1. The van der Waals surface area contributed by atoms with Gasteiger partial charge in [-0.25, -0.2) is 0 Å². The van der Waals surface area contributed by atoms with E-state index >= 15 is 0 Å². The van der Waals surface area contributed by atoms with Gasteiger partial charge >= 0.3 is 0 Å². The number of hydrogen-bond donors (Lipinski definition) is 2. The lowest BCUT2D eigenvalue weighted by Crippen LogP contribution is -2.09. The van der Waals surface area contributed by atoms with Gasteiger partial charge < -0.3 is 10.9 Å². The summed E-state index contributed by atoms with van der Waals surface area (Å²) < 4.78 is 0. The number of hydrazone groups is 1. The Labute approximate surface area is 141 Å². The summed E-state index contributed by atoms with van der Waals surface area (Å²) in [5.74, 6) is 5.44. The first kappa shape index (κ1) is 16.2. The second-order valence-corrected chi connectivity index (χ2v) is 5.95. The van der Waals surface area contributed by atoms with Crippen molar-refractivity contribution in [2.75, 3.05) is 0 Å². The standard InChI is InChI=1S/C14H10Cl4N2O/c15-7-1-2-14(21)10(3-7)13(20-19)6-9-11(17)4-8(16)5-12(9)18/h1-5,21H,6,19H2. The molecular weight excluding hydrogens is 354 g/mol. The summed E-state index contributed by atoms with van der Waals surface area (Å²) >= 11 is 24.1. The fraction of sp³-hybridized carbons (Fsp3) is 0.0714. The molecule has 0 radical (unpaired) electrons. The highest BCUT2D eigenvalue weighted by Gasteiger charge is 2.15. The highest BCUT2D eigenvalue weighted by Crippen LogP contribution is 2.31. The number of phenols is 1. The summed E-state index contributed by atoms with van der Waals surface area (Å²) in [5, 5.41) is 15.3. The van der Waals surface area contributed by atoms with E-state index in [1.807, 2.05) is 0 Å². The van der Waals surface area contributed by atoms with E-state index in [0.29, 0.717) is 36.9 Å². The van der Waals surface area contributed by atoms with Gasteiger partial charge in [0.15, 0.2) is 0 Å². The smallest absolute Gasteiger partial charge is 0.124 e. The number of aromatic hydroxyl groups is 1. The molecule has 21 heavy (non-hydrogen) atoms. The maximum Gasteiger partial charge on any atom is 0.124 e. The quantitative estimate of drug-likeness (QED) is 0.462. The Bertz CT molecular complexity index is 693. The van der Waals surface area contributed by atoms with Crippen molar-refractivity contribution < 1.29 is 5.11 Å². The van der Waals surface area contributed by atoms with Gasteiger partial charge in [-0.15, -0.1) is 0 Å². The fourth-order valence-corrected chi connectivity index (χ4v) is 2.98. The average molecular weight is 364 g/mol. The van der Waals surface area contributed by atoms with Crippen molar-refractivity contribution in [1.82, 2.24) is 0 Å². The van der Waals surface area contributed by atoms with Gasteiger partial charge in [0, 0.05) is 32.1 Å². The summed E-state index contributed by atoms with van der Waals surface area (Å²) in [5.41, 5.74) is 1.44. The van der Waals surface area contributed by atoms with Crippen molar-refractivity contribution in [2.24, 2.45) is 10.9 Å². The van der Waals surface area contributed by atoms with E-state index in [9.17, 15) is 5.11 Å². The molecule has 2 rings (SSSR count). The van der Waals surface area contributed by atoms with Crippen LogP contribution in [0.2, 0.25) is 20.1 Å². The van der Waals surface area contributed by atoms with Gasteiger partial charge in [0.1, 0.15) is 5.75 Å². The number of halogens is 4. The largest absolute Gasteiger partial charge is 0.507 e. The molecule has 0 aromatic heterocycles. The van der Waals surface area contributed by atoms with Crippen LogP contribution in [0.5, 0.6) is 5.75 Å². The highest BCUT2D eigenvalue weighted by molar-refractivity contribution is 6.39. The Hall–Kier alpha value is -1.13. The van der Waals surface area contributed by atoms with E-state index in [2.05, 4.69) is 5.10 Å². The maximum atomic E-state index is 9.92. The van der Waals surface area contributed by atoms with Crippen LogP contribution >= 0.6 is 46.4 Å². The van der Waals surface area contributed by atoms with Gasteiger partial charge in [0.05, 0.1) is 5.71 Å². The van der Waals surface area contributed by atoms with E-state index < -0.39 is 0 Å². The molecule has 0 atom stereocenters. The Kier molecular flexibility index (Phi) is 5.22. The molecule has 0 saturated heterocycles. The van der Waals surface area contributed by atoms with Gasteiger partial charge in [-0.2, -0.15) is 5.10 Å². The maximum absolute atomic E-state index is 9.92. The molecule has 3 N–H and O–H groups in total. The van der Waals surface area contributed by atoms with E-state index in [0.717, 1.165) is 0 Å². The first-order valence-corrected chi connectivity index (χ1v) is 7.32. The van der Waals surface area contributed by atoms with Crippen molar-refractivity contribution in [3.8, 4) is 5.75 Å². The highest BCUT2D eigenvalue weighted by atomic mass is 35.5. The molecule has 0 fully saturated rings. The topological polar surface area (TPSA) is 58.6 Å². The molecule has 0 spiro atoms. The number of rotatable bonds is 3. The van der Waals surface area contributed by atoms with Crippen molar-refractivity contribution in [1.29, 1.82) is 0 Å². The van der Waals surface area contributed by atoms with Gasteiger partial charge in [-0.3, -0.25) is 0 Å². The molecule has 0 amide bonds. The van der Waals surface area contributed by atoms with E-state index in [4.69, 9.17) is 52.2 Å². The minimum absolute atomic E-state index is 0.0183. The predicted octanol–water partition coefficient (Wildman–Crippen LogP) is 4.91. The molecule has 110 valence electrons. The second-order valence-electron chi connectivity index (χ2n) is 4.26. The minimum Gasteiger partial charge on any atom is -0.507 e. The summed E-state index contributed by atoms with van der Waals surface area (Å²) in [7, 11) is 0. The van der Waals surface area contributed by atoms with Crippen LogP contribution in [-0.4, -0.2) is 10.8 Å². The number of phenolic OH excluding ortho intramolecular Hbond substituents is 1. The van der Waals surface area contributed by atoms with Crippen LogP contribution in [0.4, 0.5) is 0 Å². The van der Waals surface area contributed by atoms with Gasteiger partial charge in [-0.1, -0.05) is 46.4 Å². The zero-order valence-corrected chi connectivity index (χ0v) is 13.6. The van der Waals surface area contributed by atoms with E-state index in [1.165, 1.54) is 6.07 Å². The van der Waals surface area contributed by atoms with Crippen LogP contribution in [0, 0.1) is 0 Å². The van der Waals surface area contributed by atoms with Gasteiger partial charge in [0.25, 0.3) is 0 Å². The molecule has 0 aliphatic carbocycles. The second kappa shape index (κ2) is 6.75. The molecule has 2 aromatic carbocycles. The molecule has 0 aliphatic rings. The van der Waals surface area contributed by atoms with Crippen LogP contribution in [0.15, 0.2) is 35.4 Å². The monoisotopic (exact) mass is 362 g/mol. The Balaban J connectivity index is 2.44. The van der Waals surface area contributed by atoms with Gasteiger partial charge in [-0.05, 0) is 35.9 Å². The van der Waals surface area contributed by atoms with Crippen LogP contribution in [0.3, 0.4) is 0 Å². The Morgan fingerprint density at radius 2 is 1.62 bits per heavy atom. The number of hydrogen-bond acceptors (Lipinski definition) is 3. The van der Waals surface area contributed by atoms with Crippen LogP contribution in [0.25, 0.3) is 0 Å². The van der Waals surface area contributed by atoms with Crippen LogP contribution in [-0.2, 0) is 6.42 Å². The molecule has 2 aromatic rings. The minimum atomic E-state index is 0.0183. The lowest BCUT2D eigenvalue weighted by Gasteiger charge is -2.11. The molecule has 0 saturated carbocycles. The van der Waals surface area contributed by atoms with Crippen molar-refractivity contribution >= 4 is 52.1 Å². The lowest BCUT2D eigenvalue weighted by molar-refractivity contribution is 0.474. The third-order valence-electron chi connectivity index (χ3n) is 2.88. The molecule has 0 unspecified atom stereocenters. The zero-order chi connectivity index (χ0) is 15.6. The Morgan fingerprint density at radius 3 is 2.19 bits per heavy atom. The third kappa shape index (κ3) is 3.74. The molecule has 0 bridgehead atoms. The number of nitrogens with two attached hydrogens (primary N) is 1. The fourth-order valence-electron chi connectivity index (χ4n) is 1.86. The first-order valence-electron chi connectivity index (χ1n) is 5.81. The summed E-state index contributed by atoms with van der Waals surface area (Å²) in [4.78, 5) is 0. The third-order valence-corrected chi connectivity index (χ3v) is 4.00. The Morgan fingerprint density at radius 1 is 1.00 bits per heavy atom. The van der Waals surface area contributed by atoms with E-state index in [1.54, 1.807) is 24.3 Å². The predicted molar refractivity (Wildman–Crippen MR) is 89.0 cm³/mol. The van der Waals surface area contributed by atoms with Crippen LogP contribution in [0.1, 0.15) is 11.1 Å². The molecule has 7 heteroatoms. The molecule has 0 aliphatic heterocycles. The summed E-state index contributed by atoms with van der Waals surface area (Å²) in [6, 6.07) is 7.76. The number of benzene rings is 2. The zero-order valence-electron chi connectivity index (χ0n) is 10.6. The van der Waals surface area contributed by atoms with Crippen molar-refractivity contribution in [3.63, 3.8) is 0 Å². The molecule has 0 heterocycles. The van der Waals surface area contributed by atoms with Gasteiger partial charge in [0.2, 0.25) is 0 Å². The average Bonchev–Trinajstić information content (AvgIpc) is 2.41. The normalized spacial score (nSPS) is 11.7. The first-order chi connectivity index (χ1) is 9.92. The summed E-state index contributed by atoms with van der Waals surface area (Å²) in [6.45, 7) is 0. The SMILES string of the molecule is NN=C(Cc1c(Cl)cc(Cl)cc1Cl)c1cc(Cl)ccc1O. The molecule has 3 nitrogen and oxygen atoms in total. The van der Waals surface area contributed by atoms with E-state index in [-0.39, 0.29) is 12.2 Å².